The minimum absolute atomic E-state index is 0.0841. The van der Waals surface area contributed by atoms with Gasteiger partial charge in [-0.25, -0.2) is 9.13 Å². The van der Waals surface area contributed by atoms with Crippen LogP contribution in [-0.2, 0) is 65.4 Å². The van der Waals surface area contributed by atoms with Crippen LogP contribution in [0.3, 0.4) is 0 Å². The number of esters is 4. The highest BCUT2D eigenvalue weighted by atomic mass is 31.2. The first-order chi connectivity index (χ1) is 41.4. The van der Waals surface area contributed by atoms with Gasteiger partial charge in [0.05, 0.1) is 26.4 Å². The number of rotatable bonds is 64. The molecule has 86 heavy (non-hydrogen) atoms. The van der Waals surface area contributed by atoms with E-state index in [9.17, 15) is 43.2 Å². The minimum Gasteiger partial charge on any atom is -0.462 e. The van der Waals surface area contributed by atoms with Crippen LogP contribution < -0.4 is 0 Å². The number of ether oxygens (including phenoxy) is 4. The number of hydrogen-bond donors (Lipinski definition) is 3. The molecule has 2 unspecified atom stereocenters. The fraction of sp³-hybridized carbons (Fsp3) is 0.881. The molecule has 0 aromatic heterocycles. The smallest absolute Gasteiger partial charge is 0.462 e. The molecule has 0 aliphatic rings. The topological polar surface area (TPSA) is 237 Å². The fourth-order valence-electron chi connectivity index (χ4n) is 9.52. The molecule has 0 amide bonds. The second-order valence-electron chi connectivity index (χ2n) is 24.5. The Balaban J connectivity index is 5.28. The van der Waals surface area contributed by atoms with E-state index in [1.165, 1.54) is 109 Å². The molecule has 0 spiro atoms. The molecular weight excluding hydrogens is 1140 g/mol. The molecule has 3 N–H and O–H groups in total. The first-order valence-electron chi connectivity index (χ1n) is 34.3. The van der Waals surface area contributed by atoms with E-state index in [0.29, 0.717) is 31.6 Å². The summed E-state index contributed by atoms with van der Waals surface area (Å²) in [5, 5.41) is 10.5. The van der Waals surface area contributed by atoms with Crippen molar-refractivity contribution in [2.75, 3.05) is 39.6 Å². The van der Waals surface area contributed by atoms with Crippen molar-refractivity contribution in [1.82, 2.24) is 0 Å². The second-order valence-corrected chi connectivity index (χ2v) is 27.4. The average Bonchev–Trinajstić information content (AvgIpc) is 3.69. The summed E-state index contributed by atoms with van der Waals surface area (Å²) in [5.74, 6) is -0.745. The molecule has 0 aromatic carbocycles. The van der Waals surface area contributed by atoms with E-state index in [4.69, 9.17) is 37.0 Å². The molecule has 506 valence electrons. The van der Waals surface area contributed by atoms with Crippen molar-refractivity contribution in [2.45, 2.75) is 330 Å². The Morgan fingerprint density at radius 3 is 0.953 bits per heavy atom. The predicted molar refractivity (Wildman–Crippen MR) is 344 cm³/mol. The number of carbonyl (C=O) groups excluding carboxylic acids is 4. The molecule has 0 heterocycles. The first kappa shape index (κ1) is 83.5. The Labute approximate surface area is 522 Å². The van der Waals surface area contributed by atoms with Crippen LogP contribution in [0.1, 0.15) is 311 Å². The van der Waals surface area contributed by atoms with Crippen molar-refractivity contribution in [1.29, 1.82) is 0 Å². The van der Waals surface area contributed by atoms with E-state index in [1.54, 1.807) is 0 Å². The maximum atomic E-state index is 13.0. The number of aliphatic hydroxyl groups excluding tert-OH is 1. The predicted octanol–water partition coefficient (Wildman–Crippen LogP) is 18.4. The molecule has 0 saturated heterocycles. The van der Waals surface area contributed by atoms with E-state index in [1.807, 2.05) is 0 Å². The number of carbonyl (C=O) groups is 4. The molecule has 0 bridgehead atoms. The van der Waals surface area contributed by atoms with Gasteiger partial charge in [0, 0.05) is 25.7 Å². The van der Waals surface area contributed by atoms with Crippen LogP contribution in [0.4, 0.5) is 0 Å². The molecule has 17 nitrogen and oxygen atoms in total. The molecule has 0 aliphatic carbocycles. The Morgan fingerprint density at radius 1 is 0.360 bits per heavy atom. The van der Waals surface area contributed by atoms with E-state index < -0.39 is 97.5 Å². The van der Waals surface area contributed by atoms with E-state index >= 15 is 0 Å². The van der Waals surface area contributed by atoms with Gasteiger partial charge in [0.15, 0.2) is 12.2 Å². The van der Waals surface area contributed by atoms with Gasteiger partial charge in [0.1, 0.15) is 19.3 Å². The lowest BCUT2D eigenvalue weighted by molar-refractivity contribution is -0.161. The van der Waals surface area contributed by atoms with Crippen molar-refractivity contribution in [2.24, 2.45) is 11.8 Å². The maximum absolute atomic E-state index is 13.0. The zero-order chi connectivity index (χ0) is 63.6. The van der Waals surface area contributed by atoms with Crippen molar-refractivity contribution in [3.63, 3.8) is 0 Å². The zero-order valence-electron chi connectivity index (χ0n) is 55.1. The van der Waals surface area contributed by atoms with E-state index in [-0.39, 0.29) is 25.7 Å². The molecule has 0 rings (SSSR count). The molecule has 5 atom stereocenters. The van der Waals surface area contributed by atoms with Gasteiger partial charge in [-0.2, -0.15) is 0 Å². The van der Waals surface area contributed by atoms with Crippen LogP contribution >= 0.6 is 15.6 Å². The Kier molecular flexibility index (Phi) is 57.2. The summed E-state index contributed by atoms with van der Waals surface area (Å²) in [5.41, 5.74) is 0. The SMILES string of the molecule is CCCCCC/C=C\C=C/CCCCCCCC(=O)O[C@H](COC(=O)CCCCCCCCCCC(C)C)COP(=O)(O)OC[C@@H](O)COP(=O)(O)OC[C@@H](COC(=O)CCCCCCCCCCCC)OC(=O)CCCCCCCCCC(C)C. The van der Waals surface area contributed by atoms with Crippen LogP contribution in [0.15, 0.2) is 24.3 Å². The van der Waals surface area contributed by atoms with Crippen LogP contribution in [0.25, 0.3) is 0 Å². The minimum atomic E-state index is -4.96. The maximum Gasteiger partial charge on any atom is 0.472 e. The largest absolute Gasteiger partial charge is 0.472 e. The van der Waals surface area contributed by atoms with Crippen molar-refractivity contribution in [3.05, 3.63) is 24.3 Å². The Hall–Kier alpha value is -2.46. The van der Waals surface area contributed by atoms with Gasteiger partial charge in [-0.05, 0) is 63.2 Å². The molecule has 0 fully saturated rings. The number of phosphoric acid groups is 2. The number of aliphatic hydroxyl groups is 1. The molecule has 0 saturated carbocycles. The lowest BCUT2D eigenvalue weighted by atomic mass is 10.0. The Morgan fingerprint density at radius 2 is 0.628 bits per heavy atom. The number of unbranched alkanes of at least 4 members (excludes halogenated alkanes) is 31. The lowest BCUT2D eigenvalue weighted by Gasteiger charge is -2.21. The van der Waals surface area contributed by atoms with Gasteiger partial charge in [0.25, 0.3) is 0 Å². The monoisotopic (exact) mass is 1260 g/mol. The van der Waals surface area contributed by atoms with Gasteiger partial charge in [-0.15, -0.1) is 0 Å². The van der Waals surface area contributed by atoms with Crippen LogP contribution in [0.5, 0.6) is 0 Å². The highest BCUT2D eigenvalue weighted by Crippen LogP contribution is 2.45. The van der Waals surface area contributed by atoms with Gasteiger partial charge < -0.3 is 33.8 Å². The Bertz CT molecular complexity index is 1780. The van der Waals surface area contributed by atoms with Crippen LogP contribution in [0.2, 0.25) is 0 Å². The lowest BCUT2D eigenvalue weighted by Crippen LogP contribution is -2.30. The van der Waals surface area contributed by atoms with Crippen LogP contribution in [-0.4, -0.2) is 96.7 Å². The van der Waals surface area contributed by atoms with E-state index in [2.05, 4.69) is 65.8 Å². The van der Waals surface area contributed by atoms with Gasteiger partial charge in [-0.3, -0.25) is 37.3 Å². The number of phosphoric ester groups is 2. The molecular formula is C67H126O17P2. The van der Waals surface area contributed by atoms with Gasteiger partial charge >= 0.3 is 39.5 Å². The van der Waals surface area contributed by atoms with Gasteiger partial charge in [0.2, 0.25) is 0 Å². The summed E-state index contributed by atoms with van der Waals surface area (Å²) in [4.78, 5) is 72.3. The summed E-state index contributed by atoms with van der Waals surface area (Å²) < 4.78 is 68.0. The van der Waals surface area contributed by atoms with Crippen LogP contribution in [0, 0.1) is 11.8 Å². The standard InChI is InChI=1S/C67H126O17P2/c1-7-9-11-13-15-17-19-20-21-22-23-25-33-39-45-51-66(71)83-62(55-78-65(70)50-44-38-32-27-26-29-35-41-47-59(3)4)57-81-85(73,74)79-53-61(68)54-80-86(75,76)82-58-63(84-67(72)52-46-40-34-28-30-36-42-48-60(5)6)56-77-64(69)49-43-37-31-24-18-16-14-12-10-8-2/h17,19-21,59-63,68H,7-16,18,22-58H2,1-6H3,(H,73,74)(H,75,76)/b19-17-,21-20-/t61-,62-,63-/m1/s1. The third-order valence-corrected chi connectivity index (χ3v) is 16.7. The number of allylic oxidation sites excluding steroid dienone is 4. The quantitative estimate of drug-likeness (QED) is 0.0169. The fourth-order valence-corrected chi connectivity index (χ4v) is 11.1. The average molecular weight is 1270 g/mol. The normalized spacial score (nSPS) is 14.4. The summed E-state index contributed by atoms with van der Waals surface area (Å²) in [6.45, 7) is 9.34. The third-order valence-electron chi connectivity index (χ3n) is 14.8. The summed E-state index contributed by atoms with van der Waals surface area (Å²) in [6, 6.07) is 0. The van der Waals surface area contributed by atoms with Gasteiger partial charge in [-0.1, -0.05) is 258 Å². The summed E-state index contributed by atoms with van der Waals surface area (Å²) >= 11 is 0. The molecule has 0 aliphatic heterocycles. The van der Waals surface area contributed by atoms with Crippen molar-refractivity contribution >= 4 is 39.5 Å². The number of hydrogen-bond acceptors (Lipinski definition) is 15. The highest BCUT2D eigenvalue weighted by molar-refractivity contribution is 7.47. The summed E-state index contributed by atoms with van der Waals surface area (Å²) in [6.07, 6.45) is 45.4. The third kappa shape index (κ3) is 60.5. The van der Waals surface area contributed by atoms with Crippen molar-refractivity contribution < 1.29 is 80.2 Å². The zero-order valence-corrected chi connectivity index (χ0v) is 56.9. The van der Waals surface area contributed by atoms with Crippen molar-refractivity contribution in [3.8, 4) is 0 Å². The first-order valence-corrected chi connectivity index (χ1v) is 37.3. The highest BCUT2D eigenvalue weighted by Gasteiger charge is 2.30. The molecule has 19 heteroatoms. The molecule has 0 aromatic rings. The van der Waals surface area contributed by atoms with E-state index in [0.717, 1.165) is 115 Å². The summed E-state index contributed by atoms with van der Waals surface area (Å²) in [7, 11) is -9.90. The second kappa shape index (κ2) is 58.9. The molecule has 0 radical (unpaired) electrons.